The van der Waals surface area contributed by atoms with E-state index in [9.17, 15) is 4.79 Å². The van der Waals surface area contributed by atoms with Crippen molar-refractivity contribution in [3.63, 3.8) is 0 Å². The molecule has 7 nitrogen and oxygen atoms in total. The normalized spacial score (nSPS) is 22.1. The summed E-state index contributed by atoms with van der Waals surface area (Å²) in [7, 11) is 2.08. The van der Waals surface area contributed by atoms with Gasteiger partial charge in [0.1, 0.15) is 5.76 Å². The maximum absolute atomic E-state index is 12.6. The summed E-state index contributed by atoms with van der Waals surface area (Å²) in [6.45, 7) is 7.59. The predicted molar refractivity (Wildman–Crippen MR) is 86.5 cm³/mol. The summed E-state index contributed by atoms with van der Waals surface area (Å²) in [6, 6.07) is 0.113. The Morgan fingerprint density at radius 3 is 2.78 bits per heavy atom. The van der Waals surface area contributed by atoms with Gasteiger partial charge in [0.2, 0.25) is 0 Å². The third-order valence-corrected chi connectivity index (χ3v) is 4.47. The highest BCUT2D eigenvalue weighted by Crippen LogP contribution is 2.30. The minimum atomic E-state index is -0.157. The quantitative estimate of drug-likeness (QED) is 0.896. The van der Waals surface area contributed by atoms with E-state index in [1.165, 1.54) is 12.8 Å². The van der Waals surface area contributed by atoms with Gasteiger partial charge in [0.25, 0.3) is 0 Å². The number of nitrogens with one attached hydrogen (secondary N) is 1. The highest BCUT2D eigenvalue weighted by Gasteiger charge is 2.30. The number of carbonyl (C=O) groups is 1. The Kier molecular flexibility index (Phi) is 4.87. The summed E-state index contributed by atoms with van der Waals surface area (Å²) in [5.74, 6) is 1.35. The highest BCUT2D eigenvalue weighted by atomic mass is 16.5. The number of hydrogen-bond donors (Lipinski definition) is 1. The Morgan fingerprint density at radius 2 is 2.17 bits per heavy atom. The van der Waals surface area contributed by atoms with Crippen molar-refractivity contribution in [3.8, 4) is 0 Å². The molecule has 1 aliphatic carbocycles. The fraction of sp³-hybridized carbons (Fsp3) is 0.750. The van der Waals surface area contributed by atoms with Crippen molar-refractivity contribution < 1.29 is 13.9 Å². The number of aromatic nitrogens is 1. The van der Waals surface area contributed by atoms with Crippen LogP contribution in [0.4, 0.5) is 10.8 Å². The van der Waals surface area contributed by atoms with Gasteiger partial charge >= 0.3 is 12.0 Å². The zero-order chi connectivity index (χ0) is 16.4. The molecule has 2 amide bonds. The molecule has 0 unspecified atom stereocenters. The van der Waals surface area contributed by atoms with Gasteiger partial charge in [0, 0.05) is 26.2 Å². The van der Waals surface area contributed by atoms with Crippen LogP contribution < -0.4 is 5.32 Å². The van der Waals surface area contributed by atoms with Crippen LogP contribution in [0.1, 0.15) is 24.3 Å². The van der Waals surface area contributed by atoms with Crippen molar-refractivity contribution in [2.24, 2.45) is 5.92 Å². The number of ether oxygens (including phenoxy) is 1. The smallest absolute Gasteiger partial charge is 0.325 e. The molecule has 0 radical (unpaired) electrons. The molecule has 1 N–H and O–H groups in total. The van der Waals surface area contributed by atoms with E-state index in [1.807, 2.05) is 18.7 Å². The largest absolute Gasteiger partial charge is 0.428 e. The summed E-state index contributed by atoms with van der Waals surface area (Å²) in [6.07, 6.45) is 2.46. The molecule has 1 aliphatic heterocycles. The van der Waals surface area contributed by atoms with E-state index in [1.54, 1.807) is 0 Å². The molecule has 0 bridgehead atoms. The van der Waals surface area contributed by atoms with E-state index >= 15 is 0 Å². The molecule has 1 aromatic heterocycles. The first kappa shape index (κ1) is 16.3. The minimum absolute atomic E-state index is 0.0614. The summed E-state index contributed by atoms with van der Waals surface area (Å²) < 4.78 is 11.3. The first-order chi connectivity index (χ1) is 11.0. The van der Waals surface area contributed by atoms with Crippen molar-refractivity contribution in [2.75, 3.05) is 45.2 Å². The third-order valence-electron chi connectivity index (χ3n) is 4.47. The topological polar surface area (TPSA) is 70.8 Å². The van der Waals surface area contributed by atoms with Crippen molar-refractivity contribution in [1.82, 2.24) is 14.8 Å². The maximum atomic E-state index is 12.6. The van der Waals surface area contributed by atoms with Gasteiger partial charge in [-0.05, 0) is 39.7 Å². The average molecular weight is 322 g/mol. The maximum Gasteiger partial charge on any atom is 0.325 e. The summed E-state index contributed by atoms with van der Waals surface area (Å²) in [4.78, 5) is 20.9. The molecule has 0 aromatic carbocycles. The van der Waals surface area contributed by atoms with Gasteiger partial charge < -0.3 is 19.0 Å². The number of likely N-dealkylation sites (N-methyl/N-ethyl adjacent to an activating group) is 1. The molecule has 2 heterocycles. The number of morpholine rings is 1. The molecular weight excluding hydrogens is 296 g/mol. The molecule has 1 saturated carbocycles. The lowest BCUT2D eigenvalue weighted by molar-refractivity contribution is -0.0302. The second-order valence-corrected chi connectivity index (χ2v) is 6.69. The molecule has 23 heavy (non-hydrogen) atoms. The zero-order valence-electron chi connectivity index (χ0n) is 14.2. The highest BCUT2D eigenvalue weighted by molar-refractivity contribution is 5.87. The molecule has 2 fully saturated rings. The molecule has 1 atom stereocenters. The standard InChI is InChI=1S/C16H26N4O3/c1-11-12(2)23-15(17-11)18-16(21)20(8-13-4-5-13)10-14-9-19(3)6-7-22-14/h13-14H,4-10H2,1-3H3,(H,17,18,21)/t14-/m0/s1. The van der Waals surface area contributed by atoms with Crippen molar-refractivity contribution in [3.05, 3.63) is 11.5 Å². The van der Waals surface area contributed by atoms with Gasteiger partial charge in [-0.2, -0.15) is 4.98 Å². The molecule has 1 saturated heterocycles. The molecule has 7 heteroatoms. The van der Waals surface area contributed by atoms with Crippen LogP contribution in [0.5, 0.6) is 0 Å². The number of carbonyl (C=O) groups excluding carboxylic acids is 1. The van der Waals surface area contributed by atoms with Gasteiger partial charge in [0.05, 0.1) is 18.4 Å². The number of nitrogens with zero attached hydrogens (tertiary/aromatic N) is 3. The van der Waals surface area contributed by atoms with Crippen LogP contribution in [0.15, 0.2) is 4.42 Å². The number of aryl methyl sites for hydroxylation is 2. The number of urea groups is 1. The monoisotopic (exact) mass is 322 g/mol. The molecule has 0 spiro atoms. The van der Waals surface area contributed by atoms with Crippen molar-refractivity contribution in [2.45, 2.75) is 32.8 Å². The van der Waals surface area contributed by atoms with E-state index < -0.39 is 0 Å². The molecule has 1 aromatic rings. The van der Waals surface area contributed by atoms with E-state index in [4.69, 9.17) is 9.15 Å². The summed E-state index contributed by atoms with van der Waals surface area (Å²) in [5, 5.41) is 2.78. The van der Waals surface area contributed by atoms with Gasteiger partial charge in [-0.25, -0.2) is 4.79 Å². The van der Waals surface area contributed by atoms with Gasteiger partial charge in [0.15, 0.2) is 0 Å². The Bertz CT molecular complexity index is 536. The number of oxazole rings is 1. The predicted octanol–water partition coefficient (Wildman–Crippen LogP) is 1.87. The van der Waals surface area contributed by atoms with Crippen LogP contribution in [-0.4, -0.2) is 66.8 Å². The van der Waals surface area contributed by atoms with E-state index in [-0.39, 0.29) is 18.1 Å². The first-order valence-corrected chi connectivity index (χ1v) is 8.31. The van der Waals surface area contributed by atoms with E-state index in [0.29, 0.717) is 12.5 Å². The van der Waals surface area contributed by atoms with E-state index in [2.05, 4.69) is 22.2 Å². The fourth-order valence-electron chi connectivity index (χ4n) is 2.77. The minimum Gasteiger partial charge on any atom is -0.428 e. The number of anilines is 1. The lowest BCUT2D eigenvalue weighted by Crippen LogP contribution is -2.49. The number of hydrogen-bond acceptors (Lipinski definition) is 5. The van der Waals surface area contributed by atoms with Crippen LogP contribution >= 0.6 is 0 Å². The SMILES string of the molecule is Cc1nc(NC(=O)N(CC2CC2)C[C@@H]2CN(C)CCO2)oc1C. The molecular formula is C16H26N4O3. The second kappa shape index (κ2) is 6.88. The number of amides is 2. The Labute approximate surface area is 137 Å². The molecule has 2 aliphatic rings. The van der Waals surface area contributed by atoms with Crippen LogP contribution in [0.25, 0.3) is 0 Å². The summed E-state index contributed by atoms with van der Waals surface area (Å²) >= 11 is 0. The summed E-state index contributed by atoms with van der Waals surface area (Å²) in [5.41, 5.74) is 0.797. The molecule has 128 valence electrons. The lowest BCUT2D eigenvalue weighted by Gasteiger charge is -2.33. The van der Waals surface area contributed by atoms with Gasteiger partial charge in [-0.3, -0.25) is 5.32 Å². The Hall–Kier alpha value is -1.60. The van der Waals surface area contributed by atoms with Crippen molar-refractivity contribution in [1.29, 1.82) is 0 Å². The number of rotatable bonds is 5. The van der Waals surface area contributed by atoms with Crippen molar-refractivity contribution >= 4 is 12.0 Å². The van der Waals surface area contributed by atoms with Crippen LogP contribution in [0.3, 0.4) is 0 Å². The van der Waals surface area contributed by atoms with E-state index in [0.717, 1.165) is 37.7 Å². The Morgan fingerprint density at radius 1 is 1.39 bits per heavy atom. The average Bonchev–Trinajstić information content (AvgIpc) is 3.24. The second-order valence-electron chi connectivity index (χ2n) is 6.69. The van der Waals surface area contributed by atoms with Crippen LogP contribution in [0.2, 0.25) is 0 Å². The lowest BCUT2D eigenvalue weighted by atomic mass is 10.2. The Balaban J connectivity index is 1.61. The van der Waals surface area contributed by atoms with Crippen LogP contribution in [-0.2, 0) is 4.74 Å². The molecule has 3 rings (SSSR count). The first-order valence-electron chi connectivity index (χ1n) is 8.31. The van der Waals surface area contributed by atoms with Gasteiger partial charge in [-0.1, -0.05) is 0 Å². The zero-order valence-corrected chi connectivity index (χ0v) is 14.2. The van der Waals surface area contributed by atoms with Crippen LogP contribution in [0, 0.1) is 19.8 Å². The third kappa shape index (κ3) is 4.45. The fourth-order valence-corrected chi connectivity index (χ4v) is 2.77. The van der Waals surface area contributed by atoms with Gasteiger partial charge in [-0.15, -0.1) is 0 Å².